The molecule has 0 aliphatic heterocycles. The Kier molecular flexibility index (Phi) is 4.35. The van der Waals surface area contributed by atoms with Crippen molar-refractivity contribution in [1.29, 1.82) is 0 Å². The van der Waals surface area contributed by atoms with E-state index in [0.29, 0.717) is 12.3 Å². The fourth-order valence-corrected chi connectivity index (χ4v) is 1.13. The summed E-state index contributed by atoms with van der Waals surface area (Å²) in [4.78, 5) is 3.97. The van der Waals surface area contributed by atoms with Crippen molar-refractivity contribution in [3.05, 3.63) is 24.0 Å². The summed E-state index contributed by atoms with van der Waals surface area (Å²) in [6.07, 6.45) is 2.73. The SMILES string of the molecule is CCNCC(O)c1cncc(OC)c1. The van der Waals surface area contributed by atoms with E-state index in [1.54, 1.807) is 25.6 Å². The molecule has 1 atom stereocenters. The highest BCUT2D eigenvalue weighted by atomic mass is 16.5. The quantitative estimate of drug-likeness (QED) is 0.729. The summed E-state index contributed by atoms with van der Waals surface area (Å²) < 4.78 is 5.02. The molecule has 0 aliphatic rings. The van der Waals surface area contributed by atoms with Crippen molar-refractivity contribution in [2.75, 3.05) is 20.2 Å². The molecule has 0 bridgehead atoms. The van der Waals surface area contributed by atoms with Crippen LogP contribution in [0.15, 0.2) is 18.5 Å². The molecular formula is C10H16N2O2. The lowest BCUT2D eigenvalue weighted by Crippen LogP contribution is -2.20. The first-order chi connectivity index (χ1) is 6.77. The number of pyridine rings is 1. The number of hydrogen-bond acceptors (Lipinski definition) is 4. The molecule has 0 saturated heterocycles. The predicted octanol–water partition coefficient (Wildman–Crippen LogP) is 0.733. The van der Waals surface area contributed by atoms with Crippen molar-refractivity contribution in [2.45, 2.75) is 13.0 Å². The minimum absolute atomic E-state index is 0.530. The van der Waals surface area contributed by atoms with Gasteiger partial charge >= 0.3 is 0 Å². The highest BCUT2D eigenvalue weighted by molar-refractivity contribution is 5.25. The van der Waals surface area contributed by atoms with E-state index >= 15 is 0 Å². The molecule has 0 fully saturated rings. The molecule has 2 N–H and O–H groups in total. The molecule has 0 radical (unpaired) electrons. The van der Waals surface area contributed by atoms with Gasteiger partial charge in [-0.3, -0.25) is 4.98 Å². The van der Waals surface area contributed by atoms with Gasteiger partial charge in [-0.05, 0) is 12.6 Å². The van der Waals surface area contributed by atoms with Gasteiger partial charge in [0.15, 0.2) is 0 Å². The lowest BCUT2D eigenvalue weighted by atomic mass is 10.1. The van der Waals surface area contributed by atoms with Crippen LogP contribution in [0.2, 0.25) is 0 Å². The Morgan fingerprint density at radius 2 is 2.36 bits per heavy atom. The van der Waals surface area contributed by atoms with Gasteiger partial charge in [0.25, 0.3) is 0 Å². The average Bonchev–Trinajstić information content (AvgIpc) is 2.26. The maximum absolute atomic E-state index is 9.71. The zero-order valence-corrected chi connectivity index (χ0v) is 8.53. The van der Waals surface area contributed by atoms with Crippen molar-refractivity contribution in [2.24, 2.45) is 0 Å². The molecule has 0 saturated carbocycles. The van der Waals surface area contributed by atoms with Crippen molar-refractivity contribution in [3.63, 3.8) is 0 Å². The second-order valence-corrected chi connectivity index (χ2v) is 2.98. The van der Waals surface area contributed by atoms with Crippen molar-refractivity contribution >= 4 is 0 Å². The van der Waals surface area contributed by atoms with Crippen LogP contribution in [0.25, 0.3) is 0 Å². The van der Waals surface area contributed by atoms with Gasteiger partial charge in [0.2, 0.25) is 0 Å². The van der Waals surface area contributed by atoms with Gasteiger partial charge in [-0.15, -0.1) is 0 Å². The monoisotopic (exact) mass is 196 g/mol. The van der Waals surface area contributed by atoms with Gasteiger partial charge in [0, 0.05) is 18.3 Å². The van der Waals surface area contributed by atoms with Crippen LogP contribution >= 0.6 is 0 Å². The Morgan fingerprint density at radius 1 is 1.57 bits per heavy atom. The lowest BCUT2D eigenvalue weighted by molar-refractivity contribution is 0.175. The summed E-state index contributed by atoms with van der Waals surface area (Å²) in [5.41, 5.74) is 0.769. The molecule has 1 unspecified atom stereocenters. The molecule has 14 heavy (non-hydrogen) atoms. The van der Waals surface area contributed by atoms with E-state index < -0.39 is 6.10 Å². The first-order valence-corrected chi connectivity index (χ1v) is 4.65. The first-order valence-electron chi connectivity index (χ1n) is 4.65. The Labute approximate surface area is 83.9 Å². The normalized spacial score (nSPS) is 12.5. The van der Waals surface area contributed by atoms with Crippen LogP contribution in [-0.4, -0.2) is 30.3 Å². The average molecular weight is 196 g/mol. The molecule has 4 nitrogen and oxygen atoms in total. The highest BCUT2D eigenvalue weighted by Gasteiger charge is 2.07. The second kappa shape index (κ2) is 5.57. The van der Waals surface area contributed by atoms with Crippen molar-refractivity contribution < 1.29 is 9.84 Å². The van der Waals surface area contributed by atoms with Gasteiger partial charge < -0.3 is 15.2 Å². The summed E-state index contributed by atoms with van der Waals surface area (Å²) in [5, 5.41) is 12.8. The van der Waals surface area contributed by atoms with Crippen LogP contribution in [-0.2, 0) is 0 Å². The molecule has 0 aliphatic carbocycles. The molecule has 0 amide bonds. The second-order valence-electron chi connectivity index (χ2n) is 2.98. The van der Waals surface area contributed by atoms with Crippen LogP contribution in [0.1, 0.15) is 18.6 Å². The summed E-state index contributed by atoms with van der Waals surface area (Å²) >= 11 is 0. The number of ether oxygens (including phenoxy) is 1. The Hall–Kier alpha value is -1.13. The summed E-state index contributed by atoms with van der Waals surface area (Å²) in [6, 6.07) is 1.79. The third-order valence-electron chi connectivity index (χ3n) is 1.94. The van der Waals surface area contributed by atoms with Crippen molar-refractivity contribution in [1.82, 2.24) is 10.3 Å². The first kappa shape index (κ1) is 10.9. The Morgan fingerprint density at radius 3 is 3.00 bits per heavy atom. The molecule has 4 heteroatoms. The molecule has 0 spiro atoms. The largest absolute Gasteiger partial charge is 0.495 e. The molecule has 0 aromatic carbocycles. The van der Waals surface area contributed by atoms with E-state index in [9.17, 15) is 5.11 Å². The number of nitrogens with one attached hydrogen (secondary N) is 1. The molecular weight excluding hydrogens is 180 g/mol. The number of nitrogens with zero attached hydrogens (tertiary/aromatic N) is 1. The minimum atomic E-state index is -0.530. The van der Waals surface area contributed by atoms with Crippen molar-refractivity contribution in [3.8, 4) is 5.75 Å². The van der Waals surface area contributed by atoms with Gasteiger partial charge in [-0.1, -0.05) is 6.92 Å². The van der Waals surface area contributed by atoms with E-state index in [2.05, 4.69) is 10.3 Å². The molecule has 78 valence electrons. The number of rotatable bonds is 5. The molecule has 1 aromatic rings. The number of methoxy groups -OCH3 is 1. The highest BCUT2D eigenvalue weighted by Crippen LogP contribution is 2.16. The fourth-order valence-electron chi connectivity index (χ4n) is 1.13. The van der Waals surface area contributed by atoms with Crippen LogP contribution in [0.4, 0.5) is 0 Å². The summed E-state index contributed by atoms with van der Waals surface area (Å²) in [7, 11) is 1.58. The van der Waals surface area contributed by atoms with Gasteiger partial charge in [-0.25, -0.2) is 0 Å². The van der Waals surface area contributed by atoms with Gasteiger partial charge in [0.05, 0.1) is 19.4 Å². The molecule has 1 aromatic heterocycles. The summed E-state index contributed by atoms with van der Waals surface area (Å²) in [5.74, 6) is 0.665. The van der Waals surface area contributed by atoms with Gasteiger partial charge in [0.1, 0.15) is 5.75 Å². The van der Waals surface area contributed by atoms with Crippen LogP contribution in [0, 0.1) is 0 Å². The number of aromatic nitrogens is 1. The number of aliphatic hydroxyl groups is 1. The van der Waals surface area contributed by atoms with E-state index in [0.717, 1.165) is 12.1 Å². The maximum atomic E-state index is 9.71. The maximum Gasteiger partial charge on any atom is 0.137 e. The zero-order valence-electron chi connectivity index (χ0n) is 8.53. The molecule has 1 heterocycles. The van der Waals surface area contributed by atoms with Crippen LogP contribution < -0.4 is 10.1 Å². The third-order valence-corrected chi connectivity index (χ3v) is 1.94. The number of aliphatic hydroxyl groups excluding tert-OH is 1. The number of hydrogen-bond donors (Lipinski definition) is 2. The van der Waals surface area contributed by atoms with Crippen LogP contribution in [0.5, 0.6) is 5.75 Å². The van der Waals surface area contributed by atoms with Gasteiger partial charge in [-0.2, -0.15) is 0 Å². The minimum Gasteiger partial charge on any atom is -0.495 e. The van der Waals surface area contributed by atoms with Crippen LogP contribution in [0.3, 0.4) is 0 Å². The van der Waals surface area contributed by atoms with E-state index in [-0.39, 0.29) is 0 Å². The summed E-state index contributed by atoms with van der Waals surface area (Å²) in [6.45, 7) is 3.37. The van der Waals surface area contributed by atoms with E-state index in [4.69, 9.17) is 4.74 Å². The standard InChI is InChI=1S/C10H16N2O2/c1-3-11-7-10(13)8-4-9(14-2)6-12-5-8/h4-6,10-11,13H,3,7H2,1-2H3. The predicted molar refractivity (Wildman–Crippen MR) is 54.3 cm³/mol. The third kappa shape index (κ3) is 2.97. The fraction of sp³-hybridized carbons (Fsp3) is 0.500. The topological polar surface area (TPSA) is 54.4 Å². The Bertz CT molecular complexity index is 279. The van der Waals surface area contributed by atoms with E-state index in [1.807, 2.05) is 6.92 Å². The smallest absolute Gasteiger partial charge is 0.137 e. The lowest BCUT2D eigenvalue weighted by Gasteiger charge is -2.11. The zero-order chi connectivity index (χ0) is 10.4. The molecule has 1 rings (SSSR count). The Balaban J connectivity index is 2.64. The number of likely N-dealkylation sites (N-methyl/N-ethyl adjacent to an activating group) is 1. The van der Waals surface area contributed by atoms with E-state index in [1.165, 1.54) is 0 Å².